The maximum Gasteiger partial charge on any atom is -0.147 e. The minimum absolute atomic E-state index is 0. The van der Waals surface area contributed by atoms with Crippen molar-refractivity contribution < 1.29 is 20.4 Å². The Morgan fingerprint density at radius 1 is 0.840 bits per heavy atom. The zero-order chi connectivity index (χ0) is 16.1. The third kappa shape index (κ3) is 3.98. The van der Waals surface area contributed by atoms with Crippen molar-refractivity contribution in [2.24, 2.45) is 0 Å². The molecule has 0 aromatic heterocycles. The van der Waals surface area contributed by atoms with E-state index in [-0.39, 0.29) is 40.6 Å². The summed E-state index contributed by atoms with van der Waals surface area (Å²) in [5.41, 5.74) is 7.21. The quantitative estimate of drug-likeness (QED) is 0.503. The molecule has 0 N–H and O–H groups in total. The second-order valence-corrected chi connectivity index (χ2v) is 13.7. The first-order chi connectivity index (χ1) is 10.3. The van der Waals surface area contributed by atoms with Gasteiger partial charge in [-0.05, 0) is 0 Å². The summed E-state index contributed by atoms with van der Waals surface area (Å²) in [4.78, 5) is 0. The third-order valence-corrected chi connectivity index (χ3v) is 13.4. The maximum absolute atomic E-state index is 2.53. The molecular weight excluding hydrogens is 423 g/mol. The van der Waals surface area contributed by atoms with E-state index in [0.29, 0.717) is 0 Å². The molecule has 0 bridgehead atoms. The van der Waals surface area contributed by atoms with Gasteiger partial charge in [-0.25, -0.2) is 0 Å². The first-order valence-electron chi connectivity index (χ1n) is 7.89. The van der Waals surface area contributed by atoms with E-state index in [4.69, 9.17) is 0 Å². The fourth-order valence-corrected chi connectivity index (χ4v) is 8.61. The first kappa shape index (κ1) is 25.0. The molecule has 3 rings (SSSR count). The van der Waals surface area contributed by atoms with E-state index in [9.17, 15) is 0 Å². The zero-order valence-corrected chi connectivity index (χ0v) is 20.4. The summed E-state index contributed by atoms with van der Waals surface area (Å²) in [6.07, 6.45) is 2.40. The van der Waals surface area contributed by atoms with Crippen LogP contribution in [0.3, 0.4) is 0 Å². The predicted octanol–water partition coefficient (Wildman–Crippen LogP) is 5.88. The van der Waals surface area contributed by atoms with Crippen LogP contribution in [0.2, 0.25) is 13.1 Å². The van der Waals surface area contributed by atoms with Gasteiger partial charge in [-0.1, -0.05) is 0 Å². The molecule has 0 heterocycles. The van der Waals surface area contributed by atoms with Crippen LogP contribution >= 0.6 is 37.2 Å². The molecule has 0 spiro atoms. The zero-order valence-electron chi connectivity index (χ0n) is 15.3. The summed E-state index contributed by atoms with van der Waals surface area (Å²) in [6.45, 7) is 11.8. The molecule has 0 nitrogen and oxygen atoms in total. The summed E-state index contributed by atoms with van der Waals surface area (Å²) >= 11 is 2.47. The largest absolute Gasteiger partial charge is 0.147 e. The average molecular weight is 449 g/mol. The Bertz CT molecular complexity index is 766. The van der Waals surface area contributed by atoms with Crippen molar-refractivity contribution in [2.75, 3.05) is 0 Å². The van der Waals surface area contributed by atoms with E-state index >= 15 is 0 Å². The van der Waals surface area contributed by atoms with Crippen molar-refractivity contribution in [1.29, 1.82) is 0 Å². The number of halogens is 3. The monoisotopic (exact) mass is 447 g/mol. The van der Waals surface area contributed by atoms with Crippen LogP contribution in [0.15, 0.2) is 48.0 Å². The topological polar surface area (TPSA) is 0 Å². The molecular formula is C20H26Cl3SiTi. The number of hydrogen-bond acceptors (Lipinski definition) is 0. The molecule has 1 aliphatic carbocycles. The summed E-state index contributed by atoms with van der Waals surface area (Å²) in [6, 6.07) is 16.0. The standard InChI is InChI=1S/C20H23Si.3ClH.Ti/c1-14-10-15(2)12-18(11-14)21(4,5)20-16(3)13-17-8-6-7-9-19(17)20;;;;/h6-13H,1-5H3;3*1H;. The minimum atomic E-state index is -1.72. The molecule has 0 radical (unpaired) electrons. The van der Waals surface area contributed by atoms with Gasteiger partial charge in [-0.15, -0.1) is 37.2 Å². The van der Waals surface area contributed by atoms with Crippen molar-refractivity contribution in [2.45, 2.75) is 37.2 Å². The minimum Gasteiger partial charge on any atom is -0.147 e. The van der Waals surface area contributed by atoms with Crippen molar-refractivity contribution in [3.8, 4) is 0 Å². The van der Waals surface area contributed by atoms with Crippen LogP contribution in [0, 0.1) is 13.8 Å². The van der Waals surface area contributed by atoms with Gasteiger partial charge in [0.05, 0.1) is 0 Å². The van der Waals surface area contributed by atoms with Crippen LogP contribution in [0.25, 0.3) is 6.08 Å². The summed E-state index contributed by atoms with van der Waals surface area (Å²) in [5, 5.41) is 1.57. The van der Waals surface area contributed by atoms with Gasteiger partial charge in [0, 0.05) is 0 Å². The van der Waals surface area contributed by atoms with Crippen molar-refractivity contribution in [1.82, 2.24) is 0 Å². The molecule has 25 heavy (non-hydrogen) atoms. The Hall–Kier alpha value is -0.0188. The summed E-state index contributed by atoms with van der Waals surface area (Å²) in [5.74, 6) is 0. The average Bonchev–Trinajstić information content (AvgIpc) is 2.71. The molecule has 135 valence electrons. The van der Waals surface area contributed by atoms with Gasteiger partial charge in [0.15, 0.2) is 0 Å². The number of benzene rings is 2. The Morgan fingerprint density at radius 2 is 1.36 bits per heavy atom. The van der Waals surface area contributed by atoms with Gasteiger partial charge in [0.1, 0.15) is 0 Å². The van der Waals surface area contributed by atoms with Crippen LogP contribution in [0.5, 0.6) is 0 Å². The molecule has 2 aromatic rings. The number of aryl methyl sites for hydroxylation is 2. The normalized spacial score (nSPS) is 18.2. The van der Waals surface area contributed by atoms with Gasteiger partial charge in [0.25, 0.3) is 0 Å². The number of fused-ring (bicyclic) bond motifs is 1. The van der Waals surface area contributed by atoms with E-state index in [2.05, 4.69) is 103 Å². The van der Waals surface area contributed by atoms with Crippen LogP contribution in [0.1, 0.15) is 29.2 Å². The van der Waals surface area contributed by atoms with Crippen LogP contribution in [-0.2, 0) is 23.8 Å². The summed E-state index contributed by atoms with van der Waals surface area (Å²) < 4.78 is 0.170. The van der Waals surface area contributed by atoms with E-state index in [0.717, 1.165) is 0 Å². The second-order valence-electron chi connectivity index (χ2n) is 7.17. The Kier molecular flexibility index (Phi) is 8.77. The first-order valence-corrected chi connectivity index (χ1v) is 11.7. The summed E-state index contributed by atoms with van der Waals surface area (Å²) in [7, 11) is -1.72. The van der Waals surface area contributed by atoms with Gasteiger partial charge < -0.3 is 0 Å². The third-order valence-electron chi connectivity index (χ3n) is 5.21. The van der Waals surface area contributed by atoms with E-state index < -0.39 is 8.07 Å². The van der Waals surface area contributed by atoms with Crippen LogP contribution in [-0.4, -0.2) is 8.07 Å². The van der Waals surface area contributed by atoms with Crippen LogP contribution < -0.4 is 5.19 Å². The van der Waals surface area contributed by atoms with Crippen LogP contribution in [0.4, 0.5) is 0 Å². The number of hydrogen-bond donors (Lipinski definition) is 0. The predicted molar refractivity (Wildman–Crippen MR) is 117 cm³/mol. The van der Waals surface area contributed by atoms with Crippen molar-refractivity contribution in [3.63, 3.8) is 0 Å². The fourth-order valence-electron chi connectivity index (χ4n) is 3.90. The smallest absolute Gasteiger partial charge is 0.147 e. The molecule has 2 aromatic carbocycles. The van der Waals surface area contributed by atoms with Gasteiger partial charge >= 0.3 is 147 Å². The number of allylic oxidation sites excluding steroid dienone is 1. The molecule has 5 heteroatoms. The molecule has 0 amide bonds. The number of rotatable bonds is 2. The maximum atomic E-state index is 2.53. The molecule has 1 atom stereocenters. The molecule has 0 aliphatic heterocycles. The Labute approximate surface area is 183 Å². The van der Waals surface area contributed by atoms with Crippen molar-refractivity contribution in [3.05, 3.63) is 70.3 Å². The Balaban J connectivity index is 0.00000192. The molecule has 1 unspecified atom stereocenters. The SMILES string of the molecule is CC1=Cc2ccccc2[C]1([Ti])[Si](C)(C)c1cc(C)cc(C)c1.Cl.Cl.Cl. The van der Waals surface area contributed by atoms with E-state index in [1.807, 2.05) is 0 Å². The van der Waals surface area contributed by atoms with Gasteiger partial charge in [0.2, 0.25) is 0 Å². The van der Waals surface area contributed by atoms with Crippen molar-refractivity contribution >= 4 is 56.6 Å². The molecule has 0 fully saturated rings. The fraction of sp³-hybridized carbons (Fsp3) is 0.300. The molecule has 1 aliphatic rings. The Morgan fingerprint density at radius 3 is 1.92 bits per heavy atom. The second kappa shape index (κ2) is 8.78. The van der Waals surface area contributed by atoms with E-state index in [1.54, 1.807) is 5.19 Å². The molecule has 0 saturated carbocycles. The van der Waals surface area contributed by atoms with Gasteiger partial charge in [-0.3, -0.25) is 0 Å². The van der Waals surface area contributed by atoms with E-state index in [1.165, 1.54) is 27.8 Å². The van der Waals surface area contributed by atoms with Gasteiger partial charge in [-0.2, -0.15) is 0 Å². The molecule has 0 saturated heterocycles.